The van der Waals surface area contributed by atoms with Crippen molar-refractivity contribution in [3.8, 4) is 0 Å². The second-order valence-electron chi connectivity index (χ2n) is 7.97. The van der Waals surface area contributed by atoms with E-state index < -0.39 is 9.71 Å². The zero-order chi connectivity index (χ0) is 21.2. The molecule has 158 valence electrons. The first-order chi connectivity index (χ1) is 13.6. The molecule has 2 aromatic carbocycles. The van der Waals surface area contributed by atoms with E-state index in [-0.39, 0.29) is 11.9 Å². The van der Waals surface area contributed by atoms with Crippen molar-refractivity contribution >= 4 is 21.3 Å². The van der Waals surface area contributed by atoms with Gasteiger partial charge in [-0.05, 0) is 61.2 Å². The van der Waals surface area contributed by atoms with E-state index in [0.717, 1.165) is 37.4 Å². The van der Waals surface area contributed by atoms with Crippen molar-refractivity contribution in [3.63, 3.8) is 0 Å². The molecule has 3 N–H and O–H groups in total. The Balaban J connectivity index is 1.91. The predicted molar refractivity (Wildman–Crippen MR) is 120 cm³/mol. The van der Waals surface area contributed by atoms with Crippen LogP contribution < -0.4 is 15.4 Å². The Morgan fingerprint density at radius 3 is 2.62 bits per heavy atom. The molecule has 7 heteroatoms. The minimum absolute atomic E-state index is 0.0248. The lowest BCUT2D eigenvalue weighted by atomic mass is 10.0. The van der Waals surface area contributed by atoms with Crippen LogP contribution in [0, 0.1) is 12.7 Å². The van der Waals surface area contributed by atoms with Crippen molar-refractivity contribution < 1.29 is 8.60 Å². The molecule has 0 radical (unpaired) electrons. The summed E-state index contributed by atoms with van der Waals surface area (Å²) in [6.45, 7) is 7.60. The highest BCUT2D eigenvalue weighted by Crippen LogP contribution is 2.29. The molecule has 1 aliphatic rings. The Kier molecular flexibility index (Phi) is 6.63. The molecule has 1 fully saturated rings. The van der Waals surface area contributed by atoms with Gasteiger partial charge in [-0.2, -0.15) is 0 Å². The molecule has 0 bridgehead atoms. The minimum Gasteiger partial charge on any atom is -0.366 e. The van der Waals surface area contributed by atoms with Crippen LogP contribution >= 0.6 is 0 Å². The van der Waals surface area contributed by atoms with E-state index in [0.29, 0.717) is 16.5 Å². The van der Waals surface area contributed by atoms with Gasteiger partial charge in [-0.3, -0.25) is 10.0 Å². The summed E-state index contributed by atoms with van der Waals surface area (Å²) in [5.41, 5.74) is 2.53. The third-order valence-electron chi connectivity index (χ3n) is 5.58. The van der Waals surface area contributed by atoms with Crippen LogP contribution in [0.25, 0.3) is 0 Å². The maximum atomic E-state index is 14.3. The molecule has 0 saturated carbocycles. The second-order valence-corrected chi connectivity index (χ2v) is 9.89. The summed E-state index contributed by atoms with van der Waals surface area (Å²) in [5, 5.41) is 9.11. The number of aryl methyl sites for hydroxylation is 1. The number of hydrogen-bond donors (Lipinski definition) is 2. The molecule has 3 atom stereocenters. The summed E-state index contributed by atoms with van der Waals surface area (Å²) in [4.78, 5) is 5.07. The van der Waals surface area contributed by atoms with Crippen molar-refractivity contribution in [2.24, 2.45) is 5.14 Å². The summed E-state index contributed by atoms with van der Waals surface area (Å²) < 4.78 is 26.3. The van der Waals surface area contributed by atoms with Crippen molar-refractivity contribution in [3.05, 3.63) is 59.4 Å². The molecule has 1 aliphatic heterocycles. The largest absolute Gasteiger partial charge is 0.366 e. The van der Waals surface area contributed by atoms with Crippen molar-refractivity contribution in [2.45, 2.75) is 30.8 Å². The minimum atomic E-state index is -2.74. The number of nitrogens with zero attached hydrogens (tertiary/aromatic N) is 2. The number of benzene rings is 2. The van der Waals surface area contributed by atoms with Crippen molar-refractivity contribution in [1.29, 1.82) is 0 Å². The number of nitrogens with two attached hydrogens (primary N) is 1. The molecule has 3 rings (SSSR count). The normalized spacial score (nSPS) is 20.8. The van der Waals surface area contributed by atoms with Gasteiger partial charge in [0.25, 0.3) is 0 Å². The number of nitrogens with one attached hydrogen (secondary N) is 1. The highest BCUT2D eigenvalue weighted by atomic mass is 32.2. The Labute approximate surface area is 173 Å². The maximum Gasteiger partial charge on any atom is 0.126 e. The highest BCUT2D eigenvalue weighted by molar-refractivity contribution is 7.98. The van der Waals surface area contributed by atoms with Gasteiger partial charge in [0.1, 0.15) is 5.82 Å². The molecule has 0 aromatic heterocycles. The Hall–Kier alpha value is -1.93. The molecule has 2 unspecified atom stereocenters. The standard InChI is InChI=1S/C22H31FN4OS/c1-16-5-6-18(13-21(16)23)22(15-27-12-11-25-17(2)14-27)26(3)19-7-9-20(10-8-19)29(4,24)28/h5-10,13,17,22,25H,4,11-12,14-15H2,1-3H3,(H2,24,28)/t17-,22?,29?/m1/s1. The van der Waals surface area contributed by atoms with Gasteiger partial charge >= 0.3 is 0 Å². The van der Waals surface area contributed by atoms with Crippen LogP contribution in [-0.4, -0.2) is 54.2 Å². The second kappa shape index (κ2) is 8.83. The summed E-state index contributed by atoms with van der Waals surface area (Å²) >= 11 is 0. The molecule has 0 amide bonds. The van der Waals surface area contributed by atoms with Gasteiger partial charge in [-0.15, -0.1) is 0 Å². The van der Waals surface area contributed by atoms with E-state index >= 15 is 0 Å². The quantitative estimate of drug-likeness (QED) is 0.708. The first-order valence-corrected chi connectivity index (χ1v) is 11.6. The highest BCUT2D eigenvalue weighted by Gasteiger charge is 2.24. The van der Waals surface area contributed by atoms with Crippen molar-refractivity contribution in [2.75, 3.05) is 38.1 Å². The van der Waals surface area contributed by atoms with Gasteiger partial charge in [0.15, 0.2) is 0 Å². The molecular weight excluding hydrogens is 387 g/mol. The zero-order valence-electron chi connectivity index (χ0n) is 17.4. The van der Waals surface area contributed by atoms with E-state index in [2.05, 4.69) is 27.9 Å². The van der Waals surface area contributed by atoms with Crippen molar-refractivity contribution in [1.82, 2.24) is 10.2 Å². The van der Waals surface area contributed by atoms with E-state index in [1.165, 1.54) is 0 Å². The fourth-order valence-corrected chi connectivity index (χ4v) is 4.38. The van der Waals surface area contributed by atoms with Gasteiger partial charge in [0, 0.05) is 49.9 Å². The number of halogens is 1. The Morgan fingerprint density at radius 2 is 2.03 bits per heavy atom. The molecular formula is C22H31FN4OS. The molecule has 0 aliphatic carbocycles. The SMILES string of the molecule is C=S(N)(=O)c1ccc(N(C)C(CN2CCN[C@H](C)C2)c2ccc(C)c(F)c2)cc1. The molecule has 1 saturated heterocycles. The lowest BCUT2D eigenvalue weighted by Crippen LogP contribution is -2.51. The van der Waals surface area contributed by atoms with Gasteiger partial charge in [-0.1, -0.05) is 12.1 Å². The van der Waals surface area contributed by atoms with Crippen LogP contribution in [0.15, 0.2) is 47.4 Å². The predicted octanol–water partition coefficient (Wildman–Crippen LogP) is 2.55. The van der Waals surface area contributed by atoms with E-state index in [1.54, 1.807) is 25.1 Å². The molecule has 29 heavy (non-hydrogen) atoms. The summed E-state index contributed by atoms with van der Waals surface area (Å²) in [5.74, 6) is 3.35. The fraction of sp³-hybridized carbons (Fsp3) is 0.409. The van der Waals surface area contributed by atoms with Crippen LogP contribution in [0.5, 0.6) is 0 Å². The van der Waals surface area contributed by atoms with Gasteiger partial charge in [-0.25, -0.2) is 8.60 Å². The monoisotopic (exact) mass is 418 g/mol. The molecule has 5 nitrogen and oxygen atoms in total. The average Bonchev–Trinajstić information content (AvgIpc) is 2.67. The summed E-state index contributed by atoms with van der Waals surface area (Å²) in [6, 6.07) is 13.2. The number of rotatable bonds is 6. The van der Waals surface area contributed by atoms with Gasteiger partial charge in [0.2, 0.25) is 0 Å². The fourth-order valence-electron chi connectivity index (χ4n) is 3.78. The number of likely N-dealkylation sites (N-methyl/N-ethyl adjacent to an activating group) is 1. The lowest BCUT2D eigenvalue weighted by molar-refractivity contribution is 0.195. The number of anilines is 1. The average molecular weight is 419 g/mol. The smallest absolute Gasteiger partial charge is 0.126 e. The Morgan fingerprint density at radius 1 is 1.34 bits per heavy atom. The third kappa shape index (κ3) is 5.36. The molecule has 0 spiro atoms. The van der Waals surface area contributed by atoms with Gasteiger partial charge < -0.3 is 10.2 Å². The van der Waals surface area contributed by atoms with E-state index in [1.807, 2.05) is 31.3 Å². The topological polar surface area (TPSA) is 61.6 Å². The van der Waals surface area contributed by atoms with Gasteiger partial charge in [0.05, 0.1) is 15.7 Å². The lowest BCUT2D eigenvalue weighted by Gasteiger charge is -2.38. The van der Waals surface area contributed by atoms with Crippen LogP contribution in [0.1, 0.15) is 24.1 Å². The van der Waals surface area contributed by atoms with E-state index in [4.69, 9.17) is 5.14 Å². The van der Waals surface area contributed by atoms with Crippen LogP contribution in [-0.2, 0) is 9.71 Å². The third-order valence-corrected chi connectivity index (χ3v) is 6.65. The van der Waals surface area contributed by atoms with E-state index in [9.17, 15) is 8.60 Å². The first kappa shape index (κ1) is 21.8. The van der Waals surface area contributed by atoms with Crippen LogP contribution in [0.4, 0.5) is 10.1 Å². The zero-order valence-corrected chi connectivity index (χ0v) is 18.2. The summed E-state index contributed by atoms with van der Waals surface area (Å²) in [6.07, 6.45) is 0. The van der Waals surface area contributed by atoms with Crippen LogP contribution in [0.3, 0.4) is 0 Å². The number of hydrogen-bond acceptors (Lipinski definition) is 4. The van der Waals surface area contributed by atoms with Crippen LogP contribution in [0.2, 0.25) is 0 Å². The molecule has 2 aromatic rings. The Bertz CT molecular complexity index is 946. The maximum absolute atomic E-state index is 14.3. The first-order valence-electron chi connectivity index (χ1n) is 9.85. The molecule has 1 heterocycles. The number of piperazine rings is 1. The summed E-state index contributed by atoms with van der Waals surface area (Å²) in [7, 11) is -0.733.